The second-order valence-electron chi connectivity index (χ2n) is 8.56. The topological polar surface area (TPSA) is 87.5 Å². The van der Waals surface area contributed by atoms with E-state index in [9.17, 15) is 23.5 Å². The molecule has 0 saturated carbocycles. The summed E-state index contributed by atoms with van der Waals surface area (Å²) in [7, 11) is 1.78. The van der Waals surface area contributed by atoms with E-state index in [1.807, 2.05) is 25.1 Å². The quantitative estimate of drug-likeness (QED) is 0.567. The number of carbonyl (C=O) groups is 2. The summed E-state index contributed by atoms with van der Waals surface area (Å²) in [5, 5.41) is 12.0. The number of rotatable bonds is 7. The van der Waals surface area contributed by atoms with Crippen LogP contribution < -0.4 is 5.32 Å². The zero-order chi connectivity index (χ0) is 23.8. The molecule has 1 aromatic heterocycles. The van der Waals surface area contributed by atoms with Gasteiger partial charge in [-0.05, 0) is 49.6 Å². The molecule has 0 spiro atoms. The van der Waals surface area contributed by atoms with Crippen LogP contribution in [0.15, 0.2) is 42.5 Å². The van der Waals surface area contributed by atoms with E-state index in [0.717, 1.165) is 17.1 Å². The molecule has 2 amide bonds. The summed E-state index contributed by atoms with van der Waals surface area (Å²) in [5.74, 6) is -0.255. The molecular formula is C24H26F2N4O3. The lowest BCUT2D eigenvalue weighted by molar-refractivity contribution is -0.130. The number of alkyl halides is 2. The number of aliphatic hydroxyl groups excluding tert-OH is 1. The number of nitrogens with one attached hydrogen (secondary N) is 1. The number of nitrogens with zero attached hydrogens (tertiary/aromatic N) is 3. The Morgan fingerprint density at radius 2 is 2.06 bits per heavy atom. The fourth-order valence-electron chi connectivity index (χ4n) is 4.30. The molecule has 0 bridgehead atoms. The average molecular weight is 456 g/mol. The van der Waals surface area contributed by atoms with Crippen molar-refractivity contribution in [3.63, 3.8) is 0 Å². The van der Waals surface area contributed by atoms with Gasteiger partial charge in [-0.25, -0.2) is 13.8 Å². The van der Waals surface area contributed by atoms with Gasteiger partial charge < -0.3 is 14.6 Å². The van der Waals surface area contributed by atoms with Gasteiger partial charge in [-0.2, -0.15) is 0 Å². The highest BCUT2D eigenvalue weighted by Gasteiger charge is 2.42. The van der Waals surface area contributed by atoms with Crippen molar-refractivity contribution in [3.8, 4) is 0 Å². The molecule has 9 heteroatoms. The number of halogens is 2. The Morgan fingerprint density at radius 1 is 1.27 bits per heavy atom. The minimum Gasteiger partial charge on any atom is -0.396 e. The summed E-state index contributed by atoms with van der Waals surface area (Å²) in [4.78, 5) is 31.8. The van der Waals surface area contributed by atoms with Crippen LogP contribution in [0.1, 0.15) is 47.7 Å². The Balaban J connectivity index is 1.70. The lowest BCUT2D eigenvalue weighted by atomic mass is 9.81. The predicted octanol–water partition coefficient (Wildman–Crippen LogP) is 3.73. The van der Waals surface area contributed by atoms with E-state index < -0.39 is 17.7 Å². The number of benzene rings is 2. The number of aliphatic hydroxyl groups is 1. The van der Waals surface area contributed by atoms with Crippen LogP contribution in [0, 0.1) is 0 Å². The zero-order valence-corrected chi connectivity index (χ0v) is 18.5. The van der Waals surface area contributed by atoms with Crippen LogP contribution in [0.5, 0.6) is 0 Å². The molecule has 1 saturated heterocycles. The molecule has 7 nitrogen and oxygen atoms in total. The third-order valence-electron chi connectivity index (χ3n) is 6.32. The Kier molecular flexibility index (Phi) is 6.16. The Labute approximate surface area is 190 Å². The van der Waals surface area contributed by atoms with Crippen LogP contribution in [0.3, 0.4) is 0 Å². The molecule has 2 N–H and O–H groups in total. The third kappa shape index (κ3) is 4.20. The van der Waals surface area contributed by atoms with Crippen molar-refractivity contribution in [3.05, 3.63) is 59.2 Å². The summed E-state index contributed by atoms with van der Waals surface area (Å²) in [6.45, 7) is 2.96. The van der Waals surface area contributed by atoms with Gasteiger partial charge >= 0.3 is 0 Å². The van der Waals surface area contributed by atoms with E-state index in [0.29, 0.717) is 31.4 Å². The summed E-state index contributed by atoms with van der Waals surface area (Å²) < 4.78 is 27.8. The molecule has 1 unspecified atom stereocenters. The molecule has 1 aliphatic heterocycles. The van der Waals surface area contributed by atoms with Crippen molar-refractivity contribution in [1.29, 1.82) is 0 Å². The number of anilines is 1. The maximum Gasteiger partial charge on any atom is 0.263 e. The van der Waals surface area contributed by atoms with Gasteiger partial charge in [0.05, 0.1) is 16.4 Å². The van der Waals surface area contributed by atoms with Crippen molar-refractivity contribution in [1.82, 2.24) is 14.5 Å². The second kappa shape index (κ2) is 8.90. The van der Waals surface area contributed by atoms with Gasteiger partial charge in [-0.3, -0.25) is 14.9 Å². The number of likely N-dealkylation sites (tertiary alicyclic amines) is 1. The lowest BCUT2D eigenvalue weighted by Crippen LogP contribution is -2.33. The average Bonchev–Trinajstić information content (AvgIpc) is 3.29. The molecule has 1 atom stereocenters. The summed E-state index contributed by atoms with van der Waals surface area (Å²) in [5.41, 5.74) is 1.41. The molecule has 1 fully saturated rings. The standard InChI is InChI=1S/C24H26F2N4O3/c1-24(9-11-29(2)22(24)33)17-7-8-19-18(14-17)27-23(30(19)10-4-12-31)28-21(32)16-6-3-5-15(13-16)20(25)26/h3,5-8,13-14,20,31H,4,9-12H2,1-2H3,(H,27,28,32). The van der Waals surface area contributed by atoms with E-state index in [4.69, 9.17) is 0 Å². The van der Waals surface area contributed by atoms with Gasteiger partial charge in [0.25, 0.3) is 12.3 Å². The molecule has 0 aliphatic carbocycles. The highest BCUT2D eigenvalue weighted by Crippen LogP contribution is 2.36. The van der Waals surface area contributed by atoms with Gasteiger partial charge in [-0.1, -0.05) is 18.2 Å². The highest BCUT2D eigenvalue weighted by molar-refractivity contribution is 6.04. The summed E-state index contributed by atoms with van der Waals surface area (Å²) >= 11 is 0. The van der Waals surface area contributed by atoms with Crippen LogP contribution in [0.2, 0.25) is 0 Å². The van der Waals surface area contributed by atoms with Crippen LogP contribution in [0.25, 0.3) is 11.0 Å². The molecule has 2 heterocycles. The highest BCUT2D eigenvalue weighted by atomic mass is 19.3. The van der Waals surface area contributed by atoms with Crippen LogP contribution in [0.4, 0.5) is 14.7 Å². The third-order valence-corrected chi connectivity index (χ3v) is 6.32. The van der Waals surface area contributed by atoms with Crippen LogP contribution in [-0.2, 0) is 16.8 Å². The zero-order valence-electron chi connectivity index (χ0n) is 18.5. The van der Waals surface area contributed by atoms with Gasteiger partial charge in [0.15, 0.2) is 0 Å². The Morgan fingerprint density at radius 3 is 2.73 bits per heavy atom. The normalized spacial score (nSPS) is 18.5. The molecular weight excluding hydrogens is 430 g/mol. The molecule has 0 radical (unpaired) electrons. The SMILES string of the molecule is CN1CCC(C)(c2ccc3c(c2)nc(NC(=O)c2cccc(C(F)F)c2)n3CCCO)C1=O. The number of imidazole rings is 1. The number of aromatic nitrogens is 2. The van der Waals surface area contributed by atoms with Crippen molar-refractivity contribution < 1.29 is 23.5 Å². The van der Waals surface area contributed by atoms with Gasteiger partial charge in [0.2, 0.25) is 11.9 Å². The maximum absolute atomic E-state index is 13.0. The van der Waals surface area contributed by atoms with Crippen molar-refractivity contribution in [2.75, 3.05) is 25.5 Å². The summed E-state index contributed by atoms with van der Waals surface area (Å²) in [6, 6.07) is 10.9. The molecule has 2 aromatic carbocycles. The smallest absolute Gasteiger partial charge is 0.263 e. The first kappa shape index (κ1) is 22.8. The Hall–Kier alpha value is -3.33. The Bertz CT molecular complexity index is 1210. The molecule has 33 heavy (non-hydrogen) atoms. The van der Waals surface area contributed by atoms with E-state index >= 15 is 0 Å². The number of aryl methyl sites for hydroxylation is 1. The first-order valence-electron chi connectivity index (χ1n) is 10.8. The van der Waals surface area contributed by atoms with Crippen LogP contribution in [-0.4, -0.2) is 51.6 Å². The van der Waals surface area contributed by atoms with Crippen molar-refractivity contribution in [2.45, 2.75) is 38.2 Å². The number of amides is 2. The molecule has 174 valence electrons. The number of fused-ring (bicyclic) bond motifs is 1. The minimum absolute atomic E-state index is 0.0412. The number of carbonyl (C=O) groups excluding carboxylic acids is 2. The molecule has 1 aliphatic rings. The van der Waals surface area contributed by atoms with Crippen molar-refractivity contribution in [2.24, 2.45) is 0 Å². The molecule has 3 aromatic rings. The second-order valence-corrected chi connectivity index (χ2v) is 8.56. The fourth-order valence-corrected chi connectivity index (χ4v) is 4.30. The summed E-state index contributed by atoms with van der Waals surface area (Å²) in [6.07, 6.45) is -1.54. The van der Waals surface area contributed by atoms with E-state index in [1.54, 1.807) is 16.5 Å². The first-order chi connectivity index (χ1) is 15.7. The number of likely N-dealkylation sites (N-methyl/N-ethyl adjacent to an activating group) is 1. The first-order valence-corrected chi connectivity index (χ1v) is 10.8. The maximum atomic E-state index is 13.0. The number of hydrogen-bond acceptors (Lipinski definition) is 4. The predicted molar refractivity (Wildman–Crippen MR) is 120 cm³/mol. The largest absolute Gasteiger partial charge is 0.396 e. The van der Waals surface area contributed by atoms with E-state index in [-0.39, 0.29) is 29.6 Å². The monoisotopic (exact) mass is 456 g/mol. The van der Waals surface area contributed by atoms with Gasteiger partial charge in [0, 0.05) is 37.9 Å². The van der Waals surface area contributed by atoms with Crippen molar-refractivity contribution >= 4 is 28.8 Å². The minimum atomic E-state index is -2.68. The number of hydrogen-bond donors (Lipinski definition) is 2. The lowest BCUT2D eigenvalue weighted by Gasteiger charge is -2.22. The molecule has 4 rings (SSSR count). The van der Waals surface area contributed by atoms with Crippen LogP contribution >= 0.6 is 0 Å². The van der Waals surface area contributed by atoms with E-state index in [1.165, 1.54) is 18.2 Å². The fraction of sp³-hybridized carbons (Fsp3) is 0.375. The van der Waals surface area contributed by atoms with Gasteiger partial charge in [-0.15, -0.1) is 0 Å². The van der Waals surface area contributed by atoms with Gasteiger partial charge in [0.1, 0.15) is 0 Å². The van der Waals surface area contributed by atoms with E-state index in [2.05, 4.69) is 10.3 Å².